The number of thiazole rings is 1. The minimum absolute atomic E-state index is 0.275. The van der Waals surface area contributed by atoms with Crippen LogP contribution in [0, 0.1) is 0 Å². The van der Waals surface area contributed by atoms with Gasteiger partial charge in [0.15, 0.2) is 5.13 Å². The molecule has 2 saturated heterocycles. The molecule has 1 amide bonds. The predicted octanol–water partition coefficient (Wildman–Crippen LogP) is 2.77. The first-order valence-electron chi connectivity index (χ1n) is 7.32. The first-order chi connectivity index (χ1) is 10.2. The van der Waals surface area contributed by atoms with Gasteiger partial charge in [0, 0.05) is 19.5 Å². The van der Waals surface area contributed by atoms with Crippen LogP contribution in [0.4, 0.5) is 9.93 Å². The lowest BCUT2D eigenvalue weighted by Crippen LogP contribution is -2.34. The molecule has 1 N–H and O–H groups in total. The Morgan fingerprint density at radius 3 is 3.00 bits per heavy atom. The molecule has 0 unspecified atom stereocenters. The van der Waals surface area contributed by atoms with Crippen molar-refractivity contribution < 1.29 is 9.53 Å². The third kappa shape index (κ3) is 2.33. The fourth-order valence-electron chi connectivity index (χ4n) is 3.14. The van der Waals surface area contributed by atoms with Gasteiger partial charge in [0.1, 0.15) is 5.60 Å². The first kappa shape index (κ1) is 12.9. The Balaban J connectivity index is 1.55. The number of carbonyl (C=O) groups excluding carboxylic acids is 1. The zero-order valence-corrected chi connectivity index (χ0v) is 12.5. The molecule has 2 aliphatic heterocycles. The van der Waals surface area contributed by atoms with Gasteiger partial charge < -0.3 is 15.0 Å². The molecule has 0 radical (unpaired) electrons. The van der Waals surface area contributed by atoms with Gasteiger partial charge in [-0.2, -0.15) is 0 Å². The molecular weight excluding hydrogens is 286 g/mol. The van der Waals surface area contributed by atoms with Crippen LogP contribution in [0.1, 0.15) is 19.3 Å². The number of rotatable bonds is 1. The van der Waals surface area contributed by atoms with Crippen molar-refractivity contribution >= 4 is 32.8 Å². The Labute approximate surface area is 126 Å². The Kier molecular flexibility index (Phi) is 2.99. The first-order valence-corrected chi connectivity index (χ1v) is 8.13. The van der Waals surface area contributed by atoms with Crippen LogP contribution in [0.25, 0.3) is 10.2 Å². The number of carbonyl (C=O) groups is 1. The summed E-state index contributed by atoms with van der Waals surface area (Å²) in [4.78, 5) is 18.4. The molecule has 1 aromatic heterocycles. The maximum atomic E-state index is 11.3. The summed E-state index contributed by atoms with van der Waals surface area (Å²) >= 11 is 1.74. The fourth-order valence-corrected chi connectivity index (χ4v) is 4.15. The summed E-state index contributed by atoms with van der Waals surface area (Å²) in [5.74, 6) is 0. The number of aromatic nitrogens is 1. The molecule has 21 heavy (non-hydrogen) atoms. The van der Waals surface area contributed by atoms with Crippen LogP contribution in [-0.4, -0.2) is 36.3 Å². The zero-order chi connectivity index (χ0) is 14.3. The number of ether oxygens (including phenoxy) is 1. The molecule has 1 aromatic carbocycles. The maximum absolute atomic E-state index is 11.3. The Hall–Kier alpha value is -1.82. The number of nitrogens with zero attached hydrogens (tertiary/aromatic N) is 2. The number of hydrogen-bond donors (Lipinski definition) is 1. The summed E-state index contributed by atoms with van der Waals surface area (Å²) in [6, 6.07) is 8.23. The normalized spacial score (nSPS) is 25.9. The van der Waals surface area contributed by atoms with Crippen molar-refractivity contribution in [2.24, 2.45) is 0 Å². The quantitative estimate of drug-likeness (QED) is 0.880. The van der Waals surface area contributed by atoms with Crippen molar-refractivity contribution in [3.05, 3.63) is 24.3 Å². The van der Waals surface area contributed by atoms with Crippen molar-refractivity contribution in [2.75, 3.05) is 24.5 Å². The van der Waals surface area contributed by atoms with Crippen molar-refractivity contribution in [2.45, 2.75) is 24.9 Å². The lowest BCUT2D eigenvalue weighted by atomic mass is 9.95. The Bertz CT molecular complexity index is 653. The van der Waals surface area contributed by atoms with Crippen LogP contribution in [-0.2, 0) is 4.74 Å². The molecular formula is C15H17N3O2S. The monoisotopic (exact) mass is 303 g/mol. The van der Waals surface area contributed by atoms with E-state index in [1.54, 1.807) is 11.3 Å². The minimum atomic E-state index is -0.303. The van der Waals surface area contributed by atoms with E-state index in [0.29, 0.717) is 6.54 Å². The molecule has 1 spiro atoms. The van der Waals surface area contributed by atoms with E-state index in [1.807, 2.05) is 12.1 Å². The van der Waals surface area contributed by atoms with Crippen LogP contribution >= 0.6 is 11.3 Å². The highest BCUT2D eigenvalue weighted by molar-refractivity contribution is 7.22. The number of benzene rings is 1. The van der Waals surface area contributed by atoms with E-state index in [2.05, 4.69) is 22.3 Å². The Morgan fingerprint density at radius 2 is 2.19 bits per heavy atom. The van der Waals surface area contributed by atoms with Gasteiger partial charge >= 0.3 is 6.09 Å². The van der Waals surface area contributed by atoms with Crippen molar-refractivity contribution in [3.63, 3.8) is 0 Å². The maximum Gasteiger partial charge on any atom is 0.407 e. The van der Waals surface area contributed by atoms with Gasteiger partial charge in [0.05, 0.1) is 16.8 Å². The molecule has 0 aliphatic carbocycles. The highest BCUT2D eigenvalue weighted by Crippen LogP contribution is 2.34. The SMILES string of the molecule is O=C1NC[C@]2(CCCN(c3nc4ccccc4s3)CC2)O1. The third-order valence-corrected chi connectivity index (χ3v) is 5.41. The summed E-state index contributed by atoms with van der Waals surface area (Å²) in [7, 11) is 0. The average Bonchev–Trinajstić information content (AvgIpc) is 3.00. The molecule has 5 nitrogen and oxygen atoms in total. The summed E-state index contributed by atoms with van der Waals surface area (Å²) in [5, 5.41) is 3.87. The molecule has 110 valence electrons. The molecule has 0 saturated carbocycles. The predicted molar refractivity (Wildman–Crippen MR) is 82.9 cm³/mol. The van der Waals surface area contributed by atoms with Gasteiger partial charge in [-0.05, 0) is 25.0 Å². The average molecular weight is 303 g/mol. The van der Waals surface area contributed by atoms with Crippen LogP contribution in [0.15, 0.2) is 24.3 Å². The van der Waals surface area contributed by atoms with Gasteiger partial charge in [0.2, 0.25) is 0 Å². The van der Waals surface area contributed by atoms with Gasteiger partial charge in [-0.15, -0.1) is 0 Å². The highest BCUT2D eigenvalue weighted by atomic mass is 32.1. The number of nitrogens with one attached hydrogen (secondary N) is 1. The van der Waals surface area contributed by atoms with E-state index >= 15 is 0 Å². The summed E-state index contributed by atoms with van der Waals surface area (Å²) in [6.45, 7) is 2.49. The van der Waals surface area contributed by atoms with E-state index in [1.165, 1.54) is 4.70 Å². The van der Waals surface area contributed by atoms with E-state index < -0.39 is 0 Å². The smallest absolute Gasteiger partial charge is 0.407 e. The molecule has 3 heterocycles. The van der Waals surface area contributed by atoms with Crippen molar-refractivity contribution in [1.82, 2.24) is 10.3 Å². The van der Waals surface area contributed by atoms with Gasteiger partial charge in [-0.3, -0.25) is 0 Å². The van der Waals surface area contributed by atoms with Crippen molar-refractivity contribution in [3.8, 4) is 0 Å². The van der Waals surface area contributed by atoms with Crippen molar-refractivity contribution in [1.29, 1.82) is 0 Å². The number of hydrogen-bond acceptors (Lipinski definition) is 5. The van der Waals surface area contributed by atoms with Gasteiger partial charge in [-0.25, -0.2) is 9.78 Å². The summed E-state index contributed by atoms with van der Waals surface area (Å²) < 4.78 is 6.74. The zero-order valence-electron chi connectivity index (χ0n) is 11.7. The third-order valence-electron chi connectivity index (χ3n) is 4.31. The molecule has 0 bridgehead atoms. The molecule has 1 atom stereocenters. The largest absolute Gasteiger partial charge is 0.441 e. The topological polar surface area (TPSA) is 54.5 Å². The molecule has 2 fully saturated rings. The second-order valence-corrected chi connectivity index (χ2v) is 6.74. The minimum Gasteiger partial charge on any atom is -0.441 e. The van der Waals surface area contributed by atoms with E-state index in [-0.39, 0.29) is 11.7 Å². The summed E-state index contributed by atoms with van der Waals surface area (Å²) in [6.07, 6.45) is 2.53. The number of anilines is 1. The molecule has 6 heteroatoms. The number of alkyl carbamates (subject to hydrolysis) is 1. The molecule has 4 rings (SSSR count). The molecule has 2 aromatic rings. The van der Waals surface area contributed by atoms with E-state index in [0.717, 1.165) is 43.0 Å². The standard InChI is InChI=1S/C15H17N3O2S/c19-14-16-10-15(20-14)6-3-8-18(9-7-15)13-17-11-4-1-2-5-12(11)21-13/h1-2,4-5H,3,6-10H2,(H,16,19)/t15-/m1/s1. The van der Waals surface area contributed by atoms with E-state index in [9.17, 15) is 4.79 Å². The van der Waals surface area contributed by atoms with Crippen LogP contribution in [0.2, 0.25) is 0 Å². The number of para-hydroxylation sites is 1. The number of fused-ring (bicyclic) bond motifs is 1. The van der Waals surface area contributed by atoms with Crippen LogP contribution in [0.3, 0.4) is 0 Å². The highest BCUT2D eigenvalue weighted by Gasteiger charge is 2.41. The lowest BCUT2D eigenvalue weighted by molar-refractivity contribution is 0.0473. The second kappa shape index (κ2) is 4.87. The van der Waals surface area contributed by atoms with Crippen LogP contribution in [0.5, 0.6) is 0 Å². The fraction of sp³-hybridized carbons (Fsp3) is 0.467. The van der Waals surface area contributed by atoms with Gasteiger partial charge in [-0.1, -0.05) is 23.5 Å². The molecule has 2 aliphatic rings. The Morgan fingerprint density at radius 1 is 1.29 bits per heavy atom. The summed E-state index contributed by atoms with van der Waals surface area (Å²) in [5.41, 5.74) is 0.758. The van der Waals surface area contributed by atoms with Gasteiger partial charge in [0.25, 0.3) is 0 Å². The van der Waals surface area contributed by atoms with Crippen LogP contribution < -0.4 is 10.2 Å². The lowest BCUT2D eigenvalue weighted by Gasteiger charge is -2.24. The van der Waals surface area contributed by atoms with E-state index in [4.69, 9.17) is 9.72 Å². The second-order valence-electron chi connectivity index (χ2n) is 5.73. The number of amides is 1.